The number of allylic oxidation sites excluding steroid dienone is 4. The number of rotatable bonds is 24. The smallest absolute Gasteiger partial charge is 0.455 e. The number of alkyl halides is 35. The summed E-state index contributed by atoms with van der Waals surface area (Å²) in [4.78, 5) is 84.2. The summed E-state index contributed by atoms with van der Waals surface area (Å²) in [6.45, 7) is -9.95. The molecule has 0 aromatic carbocycles. The number of nitrogens with one attached hydrogen (secondary N) is 1. The minimum atomic E-state index is -5.96. The fourth-order valence-electron chi connectivity index (χ4n) is 8.63. The highest BCUT2D eigenvalue weighted by Crippen LogP contribution is 2.42. The lowest BCUT2D eigenvalue weighted by atomic mass is 10.1. The van der Waals surface area contributed by atoms with Crippen molar-refractivity contribution in [1.29, 1.82) is 0 Å². The maximum Gasteiger partial charge on any atom is 0.455 e. The van der Waals surface area contributed by atoms with Gasteiger partial charge in [0.05, 0.1) is 52.3 Å². The fraction of sp³-hybridized carbons (Fsp3) is 0.355. The highest BCUT2D eigenvalue weighted by Gasteiger charge is 2.60. The molecule has 700 valence electrons. The van der Waals surface area contributed by atoms with Crippen LogP contribution in [-0.4, -0.2) is 194 Å². The molecule has 0 bridgehead atoms. The lowest BCUT2D eigenvalue weighted by molar-refractivity contribution is -0.276. The van der Waals surface area contributed by atoms with Gasteiger partial charge in [-0.3, -0.25) is 43.9 Å². The SMILES string of the molecule is CSCCl.CSCOc1cnn2c(=O)c(C(C=NCC(F)(F)C(F)(F)F)=CN)c(C(F)(F)F)nc2c1.NC=C(C=NCC(F)(F)C(F)(F)F)c1c(C(F)(F)F)[nH]c2cc(=O)cnn2c1=O.NC=C(C=NCC(F)(F)C(F)(F)F)c1c(C(F)(F)F)nc2cc(OCCl)cnn2c1=O.NC=C(C=NCC(F)(F)C(F)(F)F)c1c(C(F)(F)F)nc2cc(OCF)cnn2c1=O. The van der Waals surface area contributed by atoms with Crippen molar-refractivity contribution < 1.29 is 159 Å². The summed E-state index contributed by atoms with van der Waals surface area (Å²) >= 11 is 13.4. The van der Waals surface area contributed by atoms with Crippen LogP contribution in [0.15, 0.2) is 118 Å². The van der Waals surface area contributed by atoms with E-state index in [-0.39, 0.29) is 54.1 Å². The van der Waals surface area contributed by atoms with Crippen LogP contribution < -0.4 is 64.8 Å². The second kappa shape index (κ2) is 42.6. The van der Waals surface area contributed by atoms with Crippen LogP contribution >= 0.6 is 46.7 Å². The highest BCUT2D eigenvalue weighted by atomic mass is 35.5. The molecule has 127 heavy (non-hydrogen) atoms. The van der Waals surface area contributed by atoms with Crippen molar-refractivity contribution in [3.63, 3.8) is 0 Å². The summed E-state index contributed by atoms with van der Waals surface area (Å²) in [6, 6.07) is 2.94. The molecule has 0 amide bonds. The molecule has 8 aromatic heterocycles. The van der Waals surface area contributed by atoms with Crippen LogP contribution in [0.4, 0.5) is 145 Å². The van der Waals surface area contributed by atoms with Crippen LogP contribution in [0.25, 0.3) is 44.9 Å². The largest absolute Gasteiger partial charge is 0.481 e. The lowest BCUT2D eigenvalue weighted by Crippen LogP contribution is -2.39. The maximum absolute atomic E-state index is 13.6. The van der Waals surface area contributed by atoms with Crippen molar-refractivity contribution in [2.45, 2.75) is 73.1 Å². The number of nitrogens with two attached hydrogens (primary N) is 4. The average molecular weight is 1960 g/mol. The number of nitrogens with zero attached hydrogens (tertiary/aromatic N) is 15. The molecular formula is C62H47Cl2F33N20O8S2. The van der Waals surface area contributed by atoms with Gasteiger partial charge in [0.15, 0.2) is 40.1 Å². The van der Waals surface area contributed by atoms with Crippen LogP contribution in [0.1, 0.15) is 45.0 Å². The molecule has 9 N–H and O–H groups in total. The topological polar surface area (TPSA) is 390 Å². The third kappa shape index (κ3) is 27.8. The second-order valence-corrected chi connectivity index (χ2v) is 25.6. The Morgan fingerprint density at radius 2 is 0.677 bits per heavy atom. The Morgan fingerprint density at radius 3 is 0.929 bits per heavy atom. The zero-order valence-corrected chi connectivity index (χ0v) is 64.9. The number of aromatic amines is 1. The van der Waals surface area contributed by atoms with E-state index in [1.54, 1.807) is 23.0 Å². The first-order valence-electron chi connectivity index (χ1n) is 32.0. The van der Waals surface area contributed by atoms with E-state index in [0.717, 1.165) is 36.8 Å². The van der Waals surface area contributed by atoms with Gasteiger partial charge in [0, 0.05) is 96.2 Å². The number of fused-ring (bicyclic) bond motifs is 4. The number of ether oxygens (including phenoxy) is 3. The molecule has 28 nitrogen and oxygen atoms in total. The second-order valence-electron chi connectivity index (χ2n) is 23.1. The third-order valence-corrected chi connectivity index (χ3v) is 15.6. The molecule has 0 saturated heterocycles. The molecule has 0 fully saturated rings. The molecule has 0 radical (unpaired) electrons. The number of halogens is 35. The number of hydrogen-bond acceptors (Lipinski definition) is 25. The molecule has 0 unspecified atom stereocenters. The highest BCUT2D eigenvalue weighted by molar-refractivity contribution is 7.99. The molecule has 0 aliphatic rings. The van der Waals surface area contributed by atoms with Crippen molar-refractivity contribution in [2.24, 2.45) is 42.9 Å². The average Bonchev–Trinajstić information content (AvgIpc) is 0.772. The van der Waals surface area contributed by atoms with Gasteiger partial charge in [-0.25, -0.2) is 19.3 Å². The van der Waals surface area contributed by atoms with E-state index in [1.165, 1.54) is 11.8 Å². The molecule has 8 heterocycles. The molecule has 0 aliphatic heterocycles. The van der Waals surface area contributed by atoms with Gasteiger partial charge in [0.2, 0.25) is 12.3 Å². The summed E-state index contributed by atoms with van der Waals surface area (Å²) in [5.41, 5.74) is -4.40. The zero-order chi connectivity index (χ0) is 97.2. The Labute approximate surface area is 698 Å². The monoisotopic (exact) mass is 1960 g/mol. The van der Waals surface area contributed by atoms with E-state index in [9.17, 15) is 169 Å². The predicted octanol–water partition coefficient (Wildman–Crippen LogP) is 13.1. The minimum absolute atomic E-state index is 0.0117. The molecule has 0 spiro atoms. The first kappa shape index (κ1) is 108. The van der Waals surface area contributed by atoms with Gasteiger partial charge >= 0.3 is 73.1 Å². The van der Waals surface area contributed by atoms with E-state index in [4.69, 9.17) is 55.6 Å². The molecule has 8 rings (SSSR count). The predicted molar refractivity (Wildman–Crippen MR) is 387 cm³/mol. The van der Waals surface area contributed by atoms with Crippen LogP contribution in [-0.2, 0) is 24.7 Å². The third-order valence-electron chi connectivity index (χ3n) is 14.3. The number of aliphatic imine (C=N–C) groups is 4. The van der Waals surface area contributed by atoms with Gasteiger partial charge in [-0.15, -0.1) is 35.1 Å². The number of hydrogen-bond donors (Lipinski definition) is 5. The van der Waals surface area contributed by atoms with Crippen LogP contribution in [0.2, 0.25) is 0 Å². The van der Waals surface area contributed by atoms with E-state index < -0.39 is 224 Å². The standard InChI is InChI=1S/C16H13F8N5O2S.C15H10ClF8N5O2.C15H10F9N5O2.C14H9F8N5O2.C2H5ClS/c1-32-7-31-9-2-10-28-12(15(19,20)21)11(13(30)29(10)27-5-9)8(3-25)4-26-6-14(17,18)16(22,23)24;2*16-6-31-8-1-9-28-11(14(19,20)21)10(12(30)29(9)27-4-8)7(2-25)3-26-5-13(17,18)15(22,23)24;15-12(16,14(20,21)22)5-24-3-6(2-23)9-10(13(17,18)19)26-8-1-7(28)4-25-27(8)11(9)29;1-4-2-3/h2-5H,6-7,25H2,1H3;2*1-4H,5-6,25H2;1-4,26H,5,23H2;2H2,1H3. The van der Waals surface area contributed by atoms with Gasteiger partial charge in [-0.1, -0.05) is 11.6 Å². The van der Waals surface area contributed by atoms with Crippen LogP contribution in [0.5, 0.6) is 17.2 Å². The van der Waals surface area contributed by atoms with Crippen molar-refractivity contribution in [1.82, 2.24) is 58.4 Å². The Kier molecular flexibility index (Phi) is 36.1. The molecule has 8 aromatic rings. The zero-order valence-electron chi connectivity index (χ0n) is 61.7. The number of thioether (sulfide) groups is 2. The molecule has 0 saturated carbocycles. The van der Waals surface area contributed by atoms with Gasteiger partial charge in [0.1, 0.15) is 60.7 Å². The van der Waals surface area contributed by atoms with Gasteiger partial charge < -0.3 is 42.1 Å². The summed E-state index contributed by atoms with van der Waals surface area (Å²) < 4.78 is 440. The maximum atomic E-state index is 13.6. The number of H-pyrrole nitrogens is 1. The fourth-order valence-corrected chi connectivity index (χ4v) is 9.01. The van der Waals surface area contributed by atoms with Crippen molar-refractivity contribution >= 4 is 116 Å². The minimum Gasteiger partial charge on any atom is -0.481 e. The van der Waals surface area contributed by atoms with E-state index >= 15 is 0 Å². The van der Waals surface area contributed by atoms with Crippen molar-refractivity contribution in [3.05, 3.63) is 171 Å². The summed E-state index contributed by atoms with van der Waals surface area (Å²) in [7, 11) is 0. The summed E-state index contributed by atoms with van der Waals surface area (Å²) in [6.07, 6.45) is -35.6. The molecule has 65 heteroatoms. The van der Waals surface area contributed by atoms with Gasteiger partial charge in [-0.2, -0.15) is 179 Å². The van der Waals surface area contributed by atoms with Crippen LogP contribution in [0.3, 0.4) is 0 Å². The lowest BCUT2D eigenvalue weighted by Gasteiger charge is -2.17. The summed E-state index contributed by atoms with van der Waals surface area (Å²) in [5.74, 6) is -21.4. The van der Waals surface area contributed by atoms with Crippen LogP contribution in [0, 0.1) is 0 Å². The Hall–Kier alpha value is -11.8. The van der Waals surface area contributed by atoms with E-state index in [1.807, 2.05) is 6.26 Å². The van der Waals surface area contributed by atoms with Crippen molar-refractivity contribution in [3.8, 4) is 17.2 Å². The number of aromatic nitrogens is 12. The Morgan fingerprint density at radius 1 is 0.402 bits per heavy atom. The first-order valence-corrected chi connectivity index (χ1v) is 35.9. The Balaban J connectivity index is 0.000000350. The Bertz CT molecular complexity index is 5610. The van der Waals surface area contributed by atoms with E-state index in [0.29, 0.717) is 60.3 Å². The normalized spacial score (nSPS) is 13.7. The molecule has 0 atom stereocenters. The van der Waals surface area contributed by atoms with Crippen molar-refractivity contribution in [2.75, 3.05) is 62.8 Å². The molecular weight excluding hydrogens is 1910 g/mol. The van der Waals surface area contributed by atoms with Gasteiger partial charge in [-0.05, 0) is 12.5 Å². The molecule has 0 aliphatic carbocycles. The van der Waals surface area contributed by atoms with Gasteiger partial charge in [0.25, 0.3) is 22.2 Å². The first-order chi connectivity index (χ1) is 58.3. The van der Waals surface area contributed by atoms with E-state index in [2.05, 4.69) is 60.1 Å². The summed E-state index contributed by atoms with van der Waals surface area (Å²) in [5, 5.41) is 14.7. The quantitative estimate of drug-likeness (QED) is 0.0162.